The van der Waals surface area contributed by atoms with Crippen LogP contribution in [0.1, 0.15) is 47.5 Å². The zero-order valence-electron chi connectivity index (χ0n) is 9.44. The lowest BCUT2D eigenvalue weighted by molar-refractivity contribution is -0.0382. The summed E-state index contributed by atoms with van der Waals surface area (Å²) in [6, 6.07) is 0. The van der Waals surface area contributed by atoms with Crippen molar-refractivity contribution < 1.29 is 0 Å². The van der Waals surface area contributed by atoms with E-state index in [0.29, 0.717) is 11.1 Å². The molecule has 0 spiro atoms. The second-order valence-corrected chi connectivity index (χ2v) is 5.46. The molecule has 0 bridgehead atoms. The molecule has 1 aliphatic heterocycles. The molecule has 1 nitrogen and oxygen atoms in total. The van der Waals surface area contributed by atoms with Crippen LogP contribution in [0.5, 0.6) is 0 Å². The first-order valence-electron chi connectivity index (χ1n) is 5.02. The summed E-state index contributed by atoms with van der Waals surface area (Å²) in [6.45, 7) is 11.8. The third-order valence-electron chi connectivity index (χ3n) is 4.17. The van der Waals surface area contributed by atoms with Gasteiger partial charge in [-0.25, -0.2) is 0 Å². The van der Waals surface area contributed by atoms with Crippen molar-refractivity contribution in [1.29, 1.82) is 0 Å². The molecule has 0 amide bonds. The molecule has 1 aliphatic rings. The van der Waals surface area contributed by atoms with Gasteiger partial charge in [-0.05, 0) is 53.5 Å². The van der Waals surface area contributed by atoms with Crippen LogP contribution in [0, 0.1) is 5.92 Å². The predicted molar refractivity (Wildman–Crippen MR) is 54.3 cm³/mol. The molecule has 1 heterocycles. The molecule has 1 atom stereocenters. The molecular weight excluding hydrogens is 146 g/mol. The Hall–Kier alpha value is -0.0400. The van der Waals surface area contributed by atoms with Gasteiger partial charge in [0.05, 0.1) is 0 Å². The van der Waals surface area contributed by atoms with Crippen molar-refractivity contribution in [2.75, 3.05) is 7.05 Å². The maximum atomic E-state index is 2.54. The average molecular weight is 169 g/mol. The van der Waals surface area contributed by atoms with Crippen molar-refractivity contribution in [3.05, 3.63) is 0 Å². The Labute approximate surface area is 77.1 Å². The van der Waals surface area contributed by atoms with Crippen LogP contribution in [0.4, 0.5) is 0 Å². The Bertz CT molecular complexity index is 170. The van der Waals surface area contributed by atoms with Crippen LogP contribution in [0.25, 0.3) is 0 Å². The molecule has 1 rings (SSSR count). The van der Waals surface area contributed by atoms with Gasteiger partial charge in [0, 0.05) is 11.1 Å². The second-order valence-electron chi connectivity index (χ2n) is 5.46. The van der Waals surface area contributed by atoms with Gasteiger partial charge in [0.1, 0.15) is 0 Å². The lowest BCUT2D eigenvalue weighted by atomic mass is 9.74. The van der Waals surface area contributed by atoms with Gasteiger partial charge in [0.2, 0.25) is 0 Å². The molecule has 0 aliphatic carbocycles. The van der Waals surface area contributed by atoms with Gasteiger partial charge >= 0.3 is 0 Å². The number of rotatable bonds is 0. The van der Waals surface area contributed by atoms with Crippen molar-refractivity contribution in [2.45, 2.75) is 58.5 Å². The highest BCUT2D eigenvalue weighted by atomic mass is 15.2. The highest BCUT2D eigenvalue weighted by molar-refractivity contribution is 4.98. The van der Waals surface area contributed by atoms with Crippen LogP contribution in [-0.4, -0.2) is 23.0 Å². The first-order valence-corrected chi connectivity index (χ1v) is 5.02. The molecule has 0 aromatic heterocycles. The minimum absolute atomic E-state index is 0.363. The molecule has 1 fully saturated rings. The van der Waals surface area contributed by atoms with Crippen molar-refractivity contribution in [2.24, 2.45) is 5.92 Å². The number of piperidine rings is 1. The topological polar surface area (TPSA) is 3.24 Å². The summed E-state index contributed by atoms with van der Waals surface area (Å²) in [4.78, 5) is 2.54. The van der Waals surface area contributed by atoms with Gasteiger partial charge in [0.25, 0.3) is 0 Å². The van der Waals surface area contributed by atoms with E-state index in [2.05, 4.69) is 46.6 Å². The number of hydrogen-bond acceptors (Lipinski definition) is 1. The maximum absolute atomic E-state index is 2.54. The number of likely N-dealkylation sites (tertiary alicyclic amines) is 1. The fourth-order valence-electron chi connectivity index (χ4n) is 2.20. The summed E-state index contributed by atoms with van der Waals surface area (Å²) in [5, 5.41) is 0. The molecular formula is C11H23N. The van der Waals surface area contributed by atoms with Crippen LogP contribution >= 0.6 is 0 Å². The van der Waals surface area contributed by atoms with E-state index in [1.165, 1.54) is 12.8 Å². The molecule has 72 valence electrons. The van der Waals surface area contributed by atoms with Gasteiger partial charge < -0.3 is 0 Å². The highest BCUT2D eigenvalue weighted by Crippen LogP contribution is 2.40. The molecule has 1 saturated heterocycles. The van der Waals surface area contributed by atoms with Gasteiger partial charge in [-0.1, -0.05) is 6.92 Å². The quantitative estimate of drug-likeness (QED) is 0.539. The van der Waals surface area contributed by atoms with E-state index in [1.54, 1.807) is 0 Å². The molecule has 0 aromatic carbocycles. The lowest BCUT2D eigenvalue weighted by Crippen LogP contribution is -2.59. The standard InChI is InChI=1S/C11H23N/c1-9-7-8-10(2,3)12(6)11(9,4)5/h9H,7-8H2,1-6H3. The summed E-state index contributed by atoms with van der Waals surface area (Å²) in [5.74, 6) is 0.815. The first kappa shape index (κ1) is 10.0. The molecule has 1 heteroatoms. The van der Waals surface area contributed by atoms with E-state index in [1.807, 2.05) is 0 Å². The van der Waals surface area contributed by atoms with Crippen molar-refractivity contribution in [1.82, 2.24) is 4.90 Å². The highest BCUT2D eigenvalue weighted by Gasteiger charge is 2.42. The van der Waals surface area contributed by atoms with E-state index in [-0.39, 0.29) is 0 Å². The summed E-state index contributed by atoms with van der Waals surface area (Å²) in [7, 11) is 2.26. The fourth-order valence-corrected chi connectivity index (χ4v) is 2.20. The van der Waals surface area contributed by atoms with Gasteiger partial charge in [0.15, 0.2) is 0 Å². The molecule has 1 unspecified atom stereocenters. The van der Waals surface area contributed by atoms with Crippen LogP contribution in [0.3, 0.4) is 0 Å². The normalized spacial score (nSPS) is 35.0. The van der Waals surface area contributed by atoms with E-state index >= 15 is 0 Å². The summed E-state index contributed by atoms with van der Waals surface area (Å²) < 4.78 is 0. The minimum atomic E-state index is 0.363. The fraction of sp³-hybridized carbons (Fsp3) is 1.00. The van der Waals surface area contributed by atoms with E-state index in [4.69, 9.17) is 0 Å². The second kappa shape index (κ2) is 2.73. The summed E-state index contributed by atoms with van der Waals surface area (Å²) in [5.41, 5.74) is 0.748. The summed E-state index contributed by atoms with van der Waals surface area (Å²) in [6.07, 6.45) is 2.69. The average Bonchev–Trinajstić information content (AvgIpc) is 1.96. The number of hydrogen-bond donors (Lipinski definition) is 0. The Morgan fingerprint density at radius 2 is 1.67 bits per heavy atom. The van der Waals surface area contributed by atoms with Gasteiger partial charge in [-0.3, -0.25) is 4.90 Å². The Balaban J connectivity index is 2.86. The predicted octanol–water partition coefficient (Wildman–Crippen LogP) is 2.91. The van der Waals surface area contributed by atoms with Crippen LogP contribution < -0.4 is 0 Å². The van der Waals surface area contributed by atoms with Crippen LogP contribution in [0.2, 0.25) is 0 Å². The maximum Gasteiger partial charge on any atom is 0.0181 e. The number of nitrogens with zero attached hydrogens (tertiary/aromatic N) is 1. The zero-order chi connectivity index (χ0) is 9.57. The Kier molecular flexibility index (Phi) is 2.28. The SMILES string of the molecule is CC1CCC(C)(C)N(C)C1(C)C. The smallest absolute Gasteiger partial charge is 0.0181 e. The monoisotopic (exact) mass is 169 g/mol. The third kappa shape index (κ3) is 1.39. The van der Waals surface area contributed by atoms with Crippen molar-refractivity contribution in [3.63, 3.8) is 0 Å². The van der Waals surface area contributed by atoms with Crippen LogP contribution in [0.15, 0.2) is 0 Å². The Morgan fingerprint density at radius 1 is 1.17 bits per heavy atom. The molecule has 0 N–H and O–H groups in total. The van der Waals surface area contributed by atoms with E-state index < -0.39 is 0 Å². The first-order chi connectivity index (χ1) is 5.28. The van der Waals surface area contributed by atoms with Crippen LogP contribution in [-0.2, 0) is 0 Å². The van der Waals surface area contributed by atoms with Crippen molar-refractivity contribution >= 4 is 0 Å². The van der Waals surface area contributed by atoms with Gasteiger partial charge in [-0.15, -0.1) is 0 Å². The summed E-state index contributed by atoms with van der Waals surface area (Å²) >= 11 is 0. The lowest BCUT2D eigenvalue weighted by Gasteiger charge is -2.54. The zero-order valence-corrected chi connectivity index (χ0v) is 9.44. The Morgan fingerprint density at radius 3 is 2.08 bits per heavy atom. The third-order valence-corrected chi connectivity index (χ3v) is 4.17. The molecule has 0 saturated carbocycles. The minimum Gasteiger partial charge on any atom is -0.296 e. The van der Waals surface area contributed by atoms with E-state index in [9.17, 15) is 0 Å². The molecule has 0 radical (unpaired) electrons. The molecule has 12 heavy (non-hydrogen) atoms. The molecule has 0 aromatic rings. The van der Waals surface area contributed by atoms with Crippen molar-refractivity contribution in [3.8, 4) is 0 Å². The van der Waals surface area contributed by atoms with Gasteiger partial charge in [-0.2, -0.15) is 0 Å². The van der Waals surface area contributed by atoms with E-state index in [0.717, 1.165) is 5.92 Å². The largest absolute Gasteiger partial charge is 0.296 e.